The van der Waals surface area contributed by atoms with Crippen molar-refractivity contribution >= 4 is 5.78 Å². The maximum atomic E-state index is 11.7. The summed E-state index contributed by atoms with van der Waals surface area (Å²) in [5, 5.41) is 0. The van der Waals surface area contributed by atoms with Crippen LogP contribution in [-0.2, 0) is 16.0 Å². The molecule has 0 spiro atoms. The third-order valence-corrected chi connectivity index (χ3v) is 4.91. The second-order valence-electron chi connectivity index (χ2n) is 6.84. The number of aryl methyl sites for hydroxylation is 1. The Balaban J connectivity index is 2.11. The Bertz CT molecular complexity index is 923. The molecule has 1 heterocycles. The third-order valence-electron chi connectivity index (χ3n) is 4.91. The zero-order valence-corrected chi connectivity index (χ0v) is 16.8. The van der Waals surface area contributed by atoms with E-state index < -0.39 is 0 Å². The lowest BCUT2D eigenvalue weighted by Gasteiger charge is -2.18. The van der Waals surface area contributed by atoms with Gasteiger partial charge in [0.05, 0.1) is 7.11 Å². The molecule has 0 aliphatic rings. The van der Waals surface area contributed by atoms with Gasteiger partial charge in [-0.05, 0) is 38.0 Å². The quantitative estimate of drug-likeness (QED) is 0.518. The summed E-state index contributed by atoms with van der Waals surface area (Å²) < 4.78 is 17.4. The van der Waals surface area contributed by atoms with Crippen molar-refractivity contribution in [2.75, 3.05) is 14.2 Å². The molecule has 1 aromatic heterocycles. The lowest BCUT2D eigenvalue weighted by Crippen LogP contribution is -2.08. The van der Waals surface area contributed by atoms with Gasteiger partial charge in [0.25, 0.3) is 0 Å². The average Bonchev–Trinajstić information content (AvgIpc) is 3.04. The molecule has 0 fully saturated rings. The van der Waals surface area contributed by atoms with Gasteiger partial charge in [-0.25, -0.2) is 0 Å². The van der Waals surface area contributed by atoms with Crippen LogP contribution in [0.2, 0.25) is 0 Å². The first-order valence-corrected chi connectivity index (χ1v) is 9.39. The molecular formula is C24H26O4. The number of carbonyl (C=O) groups excluding carboxylic acids is 1. The van der Waals surface area contributed by atoms with Crippen molar-refractivity contribution in [1.29, 1.82) is 0 Å². The maximum Gasteiger partial charge on any atom is 0.137 e. The number of carbonyl (C=O) groups is 1. The summed E-state index contributed by atoms with van der Waals surface area (Å²) in [6.07, 6.45) is 0.793. The number of methoxy groups -OCH3 is 2. The Morgan fingerprint density at radius 1 is 1.04 bits per heavy atom. The first kappa shape index (κ1) is 19.9. The van der Waals surface area contributed by atoms with Gasteiger partial charge in [-0.3, -0.25) is 0 Å². The van der Waals surface area contributed by atoms with Crippen molar-refractivity contribution < 1.29 is 18.7 Å². The summed E-state index contributed by atoms with van der Waals surface area (Å²) in [5.74, 6) is 2.57. The molecule has 3 rings (SSSR count). The molecular weight excluding hydrogens is 352 g/mol. The number of hydrogen-bond acceptors (Lipinski definition) is 4. The molecule has 2 aromatic carbocycles. The molecule has 0 N–H and O–H groups in total. The number of furan rings is 1. The summed E-state index contributed by atoms with van der Waals surface area (Å²) in [7, 11) is 3.34. The van der Waals surface area contributed by atoms with E-state index in [-0.39, 0.29) is 11.9 Å². The predicted octanol–water partition coefficient (Wildman–Crippen LogP) is 5.52. The van der Waals surface area contributed by atoms with Crippen LogP contribution in [-0.4, -0.2) is 20.0 Å². The molecule has 0 radical (unpaired) electrons. The SMILES string of the molecule is COc1ccc(C(OC)c2c(C)oc(-c3ccccc3)c2CCC(C)=O)cc1. The van der Waals surface area contributed by atoms with E-state index in [4.69, 9.17) is 13.9 Å². The van der Waals surface area contributed by atoms with Crippen LogP contribution in [0.15, 0.2) is 59.0 Å². The molecule has 0 aliphatic carbocycles. The topological polar surface area (TPSA) is 48.7 Å². The highest BCUT2D eigenvalue weighted by molar-refractivity contribution is 5.76. The largest absolute Gasteiger partial charge is 0.497 e. The summed E-state index contributed by atoms with van der Waals surface area (Å²) in [6.45, 7) is 3.57. The van der Waals surface area contributed by atoms with Crippen LogP contribution in [0.25, 0.3) is 11.3 Å². The van der Waals surface area contributed by atoms with Crippen LogP contribution in [0.5, 0.6) is 5.75 Å². The second-order valence-corrected chi connectivity index (χ2v) is 6.84. The summed E-state index contributed by atoms with van der Waals surface area (Å²) in [6, 6.07) is 17.8. The van der Waals surface area contributed by atoms with Crippen molar-refractivity contribution in [1.82, 2.24) is 0 Å². The van der Waals surface area contributed by atoms with Gasteiger partial charge in [-0.1, -0.05) is 42.5 Å². The molecule has 28 heavy (non-hydrogen) atoms. The van der Waals surface area contributed by atoms with Crippen LogP contribution < -0.4 is 4.74 Å². The summed E-state index contributed by atoms with van der Waals surface area (Å²) in [5.41, 5.74) is 4.03. The van der Waals surface area contributed by atoms with E-state index in [0.717, 1.165) is 39.5 Å². The number of Topliss-reactive ketones (excluding diaryl/α,β-unsaturated/α-hetero) is 1. The maximum absolute atomic E-state index is 11.7. The number of ketones is 1. The standard InChI is InChI=1S/C24H26O4/c1-16(25)10-15-21-22(17(2)28-23(21)18-8-6-5-7-9-18)24(27-4)19-11-13-20(26-3)14-12-19/h5-9,11-14,24H,10,15H2,1-4H3. The molecule has 0 aliphatic heterocycles. The molecule has 0 amide bonds. The highest BCUT2D eigenvalue weighted by Gasteiger charge is 2.27. The smallest absolute Gasteiger partial charge is 0.137 e. The van der Waals surface area contributed by atoms with Crippen molar-refractivity contribution in [2.24, 2.45) is 0 Å². The summed E-state index contributed by atoms with van der Waals surface area (Å²) in [4.78, 5) is 11.7. The Morgan fingerprint density at radius 3 is 2.29 bits per heavy atom. The van der Waals surface area contributed by atoms with Gasteiger partial charge < -0.3 is 18.7 Å². The fraction of sp³-hybridized carbons (Fsp3) is 0.292. The minimum absolute atomic E-state index is 0.155. The predicted molar refractivity (Wildman–Crippen MR) is 110 cm³/mol. The lowest BCUT2D eigenvalue weighted by atomic mass is 9.92. The average molecular weight is 378 g/mol. The number of ether oxygens (including phenoxy) is 2. The highest BCUT2D eigenvalue weighted by Crippen LogP contribution is 2.39. The number of hydrogen-bond donors (Lipinski definition) is 0. The van der Waals surface area contributed by atoms with Crippen LogP contribution in [0.3, 0.4) is 0 Å². The van der Waals surface area contributed by atoms with Gasteiger partial charge >= 0.3 is 0 Å². The van der Waals surface area contributed by atoms with Crippen LogP contribution >= 0.6 is 0 Å². The molecule has 4 heteroatoms. The third kappa shape index (κ3) is 4.18. The lowest BCUT2D eigenvalue weighted by molar-refractivity contribution is -0.116. The molecule has 1 atom stereocenters. The Morgan fingerprint density at radius 2 is 1.71 bits per heavy atom. The number of rotatable bonds is 8. The van der Waals surface area contributed by atoms with Crippen molar-refractivity contribution in [3.05, 3.63) is 77.0 Å². The van der Waals surface area contributed by atoms with Crippen LogP contribution in [0.1, 0.15) is 41.9 Å². The molecule has 146 valence electrons. The Hall–Kier alpha value is -2.85. The molecule has 4 nitrogen and oxygen atoms in total. The number of benzene rings is 2. The van der Waals surface area contributed by atoms with E-state index >= 15 is 0 Å². The van der Waals surface area contributed by atoms with Crippen molar-refractivity contribution in [2.45, 2.75) is 32.8 Å². The molecule has 0 saturated carbocycles. The highest BCUT2D eigenvalue weighted by atomic mass is 16.5. The van der Waals surface area contributed by atoms with Crippen molar-refractivity contribution in [3.8, 4) is 17.1 Å². The molecule has 0 bridgehead atoms. The van der Waals surface area contributed by atoms with E-state index in [1.807, 2.05) is 61.5 Å². The molecule has 0 saturated heterocycles. The van der Waals surface area contributed by atoms with E-state index in [1.165, 1.54) is 0 Å². The summed E-state index contributed by atoms with van der Waals surface area (Å²) >= 11 is 0. The van der Waals surface area contributed by atoms with E-state index in [9.17, 15) is 4.79 Å². The fourth-order valence-corrected chi connectivity index (χ4v) is 3.52. The monoisotopic (exact) mass is 378 g/mol. The zero-order chi connectivity index (χ0) is 20.1. The first-order chi connectivity index (χ1) is 13.5. The minimum atomic E-state index is -0.283. The van der Waals surface area contributed by atoms with Gasteiger partial charge in [-0.15, -0.1) is 0 Å². The van der Waals surface area contributed by atoms with Gasteiger partial charge in [0.2, 0.25) is 0 Å². The Kier molecular flexibility index (Phi) is 6.32. The minimum Gasteiger partial charge on any atom is -0.497 e. The van der Waals surface area contributed by atoms with E-state index in [0.29, 0.717) is 12.8 Å². The normalized spacial score (nSPS) is 12.0. The van der Waals surface area contributed by atoms with Crippen molar-refractivity contribution in [3.63, 3.8) is 0 Å². The van der Waals surface area contributed by atoms with Gasteiger partial charge in [0.15, 0.2) is 0 Å². The van der Waals surface area contributed by atoms with Crippen LogP contribution in [0.4, 0.5) is 0 Å². The first-order valence-electron chi connectivity index (χ1n) is 9.39. The van der Waals surface area contributed by atoms with Gasteiger partial charge in [-0.2, -0.15) is 0 Å². The van der Waals surface area contributed by atoms with Gasteiger partial charge in [0.1, 0.15) is 29.2 Å². The second kappa shape index (κ2) is 8.89. The molecule has 1 unspecified atom stereocenters. The van der Waals surface area contributed by atoms with E-state index in [2.05, 4.69) is 0 Å². The molecule has 3 aromatic rings. The zero-order valence-electron chi connectivity index (χ0n) is 16.8. The fourth-order valence-electron chi connectivity index (χ4n) is 3.52. The van der Waals surface area contributed by atoms with E-state index in [1.54, 1.807) is 21.1 Å². The van der Waals surface area contributed by atoms with Gasteiger partial charge in [0, 0.05) is 30.2 Å². The van der Waals surface area contributed by atoms with Crippen LogP contribution in [0, 0.1) is 6.92 Å². The Labute approximate surface area is 166 Å².